The highest BCUT2D eigenvalue weighted by Gasteiger charge is 2.56. The van der Waals surface area contributed by atoms with E-state index in [1.54, 1.807) is 18.0 Å². The Morgan fingerprint density at radius 2 is 2.00 bits per heavy atom. The second-order valence-corrected chi connectivity index (χ2v) is 6.10. The first-order chi connectivity index (χ1) is 10.5. The summed E-state index contributed by atoms with van der Waals surface area (Å²) in [6, 6.07) is 13.2. The zero-order chi connectivity index (χ0) is 15.5. The summed E-state index contributed by atoms with van der Waals surface area (Å²) in [6.45, 7) is 2.40. The number of nitrogens with zero attached hydrogens (tertiary/aromatic N) is 1. The van der Waals surface area contributed by atoms with Gasteiger partial charge >= 0.3 is 0 Å². The van der Waals surface area contributed by atoms with E-state index in [-0.39, 0.29) is 11.8 Å². The lowest BCUT2D eigenvalue weighted by Gasteiger charge is -2.26. The summed E-state index contributed by atoms with van der Waals surface area (Å²) in [5, 5.41) is 11.4. The van der Waals surface area contributed by atoms with Gasteiger partial charge in [-0.25, -0.2) is 0 Å². The molecule has 112 valence electrons. The minimum atomic E-state index is -1.57. The van der Waals surface area contributed by atoms with E-state index in [4.69, 9.17) is 4.74 Å². The summed E-state index contributed by atoms with van der Waals surface area (Å²) in [4.78, 5) is 14.3. The van der Waals surface area contributed by atoms with E-state index in [1.165, 1.54) is 0 Å². The molecule has 4 rings (SSSR count). The molecule has 1 N–H and O–H groups in total. The first kappa shape index (κ1) is 13.3. The fraction of sp³-hybridized carbons (Fsp3) is 0.278. The van der Waals surface area contributed by atoms with Crippen LogP contribution in [0.15, 0.2) is 42.5 Å². The number of rotatable bonds is 0. The van der Waals surface area contributed by atoms with E-state index in [9.17, 15) is 9.90 Å². The van der Waals surface area contributed by atoms with Gasteiger partial charge < -0.3 is 14.7 Å². The molecule has 0 aliphatic carbocycles. The highest BCUT2D eigenvalue weighted by molar-refractivity contribution is 5.91. The van der Waals surface area contributed by atoms with Crippen LogP contribution in [0.1, 0.15) is 22.6 Å². The molecule has 2 heterocycles. The molecule has 0 bridgehead atoms. The molecule has 2 aromatic rings. The van der Waals surface area contributed by atoms with Gasteiger partial charge in [-0.05, 0) is 18.6 Å². The minimum Gasteiger partial charge on any atom is -0.456 e. The van der Waals surface area contributed by atoms with Crippen LogP contribution in [0.3, 0.4) is 0 Å². The molecule has 0 radical (unpaired) electrons. The molecule has 0 aromatic heterocycles. The van der Waals surface area contributed by atoms with E-state index in [1.807, 2.05) is 43.3 Å². The van der Waals surface area contributed by atoms with Crippen LogP contribution in [0.2, 0.25) is 0 Å². The van der Waals surface area contributed by atoms with Crippen molar-refractivity contribution in [2.24, 2.45) is 0 Å². The lowest BCUT2D eigenvalue weighted by molar-refractivity contribution is -0.143. The summed E-state index contributed by atoms with van der Waals surface area (Å²) in [5.41, 5.74) is 0.771. The van der Waals surface area contributed by atoms with Gasteiger partial charge in [0.1, 0.15) is 11.5 Å². The van der Waals surface area contributed by atoms with Gasteiger partial charge in [-0.2, -0.15) is 0 Å². The maximum atomic E-state index is 12.7. The molecular weight excluding hydrogens is 278 g/mol. The normalized spacial score (nSPS) is 25.9. The maximum absolute atomic E-state index is 12.7. The van der Waals surface area contributed by atoms with E-state index >= 15 is 0 Å². The molecule has 0 saturated carbocycles. The van der Waals surface area contributed by atoms with Crippen LogP contribution < -0.4 is 4.74 Å². The third kappa shape index (κ3) is 1.53. The van der Waals surface area contributed by atoms with Crippen molar-refractivity contribution >= 4 is 5.91 Å². The van der Waals surface area contributed by atoms with Crippen molar-refractivity contribution in [3.05, 3.63) is 59.2 Å². The highest BCUT2D eigenvalue weighted by Crippen LogP contribution is 2.53. The summed E-state index contributed by atoms with van der Waals surface area (Å²) in [5.74, 6) is 0.694. The van der Waals surface area contributed by atoms with Crippen LogP contribution in [-0.4, -0.2) is 29.5 Å². The third-order valence-corrected chi connectivity index (χ3v) is 4.76. The smallest absolute Gasteiger partial charge is 0.259 e. The monoisotopic (exact) mass is 295 g/mol. The zero-order valence-corrected chi connectivity index (χ0v) is 12.5. The number of ether oxygens (including phenoxy) is 1. The van der Waals surface area contributed by atoms with Crippen molar-refractivity contribution in [2.75, 3.05) is 13.6 Å². The molecule has 0 unspecified atom stereocenters. The van der Waals surface area contributed by atoms with Gasteiger partial charge in [-0.1, -0.05) is 36.4 Å². The number of likely N-dealkylation sites (tertiary alicyclic amines) is 1. The molecule has 1 saturated heterocycles. The molecule has 0 spiro atoms. The van der Waals surface area contributed by atoms with Crippen molar-refractivity contribution in [2.45, 2.75) is 18.4 Å². The fourth-order valence-electron chi connectivity index (χ4n) is 3.61. The zero-order valence-electron chi connectivity index (χ0n) is 12.5. The molecule has 2 aromatic carbocycles. The van der Waals surface area contributed by atoms with Crippen LogP contribution in [0.25, 0.3) is 0 Å². The van der Waals surface area contributed by atoms with Gasteiger partial charge in [0.25, 0.3) is 5.91 Å². The number of likely N-dealkylation sites (N-methyl/N-ethyl adjacent to an activating group) is 1. The lowest BCUT2D eigenvalue weighted by atomic mass is 9.79. The predicted octanol–water partition coefficient (Wildman–Crippen LogP) is 2.54. The first-order valence-electron chi connectivity index (χ1n) is 7.38. The van der Waals surface area contributed by atoms with Gasteiger partial charge in [0.15, 0.2) is 5.60 Å². The molecule has 4 nitrogen and oxygen atoms in total. The number of hydrogen-bond donors (Lipinski definition) is 1. The number of amides is 1. The number of aryl methyl sites for hydroxylation is 1. The van der Waals surface area contributed by atoms with Gasteiger partial charge in [0, 0.05) is 30.6 Å². The van der Waals surface area contributed by atoms with E-state index in [0.29, 0.717) is 23.6 Å². The maximum Gasteiger partial charge on any atom is 0.259 e. The molecule has 4 heteroatoms. The van der Waals surface area contributed by atoms with Gasteiger partial charge in [0.05, 0.1) is 0 Å². The summed E-state index contributed by atoms with van der Waals surface area (Å²) < 4.78 is 6.09. The van der Waals surface area contributed by atoms with E-state index in [0.717, 1.165) is 11.1 Å². The lowest BCUT2D eigenvalue weighted by Crippen LogP contribution is -2.38. The van der Waals surface area contributed by atoms with Crippen LogP contribution in [0.5, 0.6) is 11.5 Å². The summed E-state index contributed by atoms with van der Waals surface area (Å²) in [7, 11) is 1.73. The Balaban J connectivity index is 2.08. The topological polar surface area (TPSA) is 49.8 Å². The number of aliphatic hydroxyl groups is 1. The Hall–Kier alpha value is -2.33. The Kier molecular flexibility index (Phi) is 2.63. The quantitative estimate of drug-likeness (QED) is 0.812. The van der Waals surface area contributed by atoms with Crippen molar-refractivity contribution in [1.82, 2.24) is 4.90 Å². The predicted molar refractivity (Wildman–Crippen MR) is 82.0 cm³/mol. The van der Waals surface area contributed by atoms with Crippen molar-refractivity contribution < 1.29 is 14.6 Å². The van der Waals surface area contributed by atoms with Gasteiger partial charge in [-0.15, -0.1) is 0 Å². The Bertz CT molecular complexity index is 786. The molecule has 1 fully saturated rings. The largest absolute Gasteiger partial charge is 0.456 e. The number of hydrogen-bond acceptors (Lipinski definition) is 3. The fourth-order valence-corrected chi connectivity index (χ4v) is 3.61. The van der Waals surface area contributed by atoms with Crippen LogP contribution in [0, 0.1) is 6.92 Å². The molecule has 1 amide bonds. The van der Waals surface area contributed by atoms with E-state index in [2.05, 4.69) is 0 Å². The van der Waals surface area contributed by atoms with Crippen LogP contribution in [-0.2, 0) is 10.4 Å². The standard InChI is InChI=1S/C18H17NO3/c1-11-6-5-8-13-16(11)22-15-9-4-3-7-12(15)14-10-19(2)17(20)18(13,14)21/h3-9,14,21H,10H2,1-2H3/t14-,18-/m0/s1. The second-order valence-electron chi connectivity index (χ2n) is 6.10. The van der Waals surface area contributed by atoms with Crippen molar-refractivity contribution in [3.8, 4) is 11.5 Å². The third-order valence-electron chi connectivity index (χ3n) is 4.76. The molecule has 2 aliphatic heterocycles. The van der Waals surface area contributed by atoms with Crippen molar-refractivity contribution in [3.63, 3.8) is 0 Å². The second kappa shape index (κ2) is 4.34. The molecule has 22 heavy (non-hydrogen) atoms. The molecule has 2 aliphatic rings. The number of carbonyl (C=O) groups excluding carboxylic acids is 1. The molecule has 2 atom stereocenters. The number of benzene rings is 2. The summed E-state index contributed by atoms with van der Waals surface area (Å²) in [6.07, 6.45) is 0. The molecular formula is C18H17NO3. The highest BCUT2D eigenvalue weighted by atomic mass is 16.5. The first-order valence-corrected chi connectivity index (χ1v) is 7.38. The van der Waals surface area contributed by atoms with E-state index < -0.39 is 5.60 Å². The average Bonchev–Trinajstić information content (AvgIpc) is 2.68. The van der Waals surface area contributed by atoms with Gasteiger partial charge in [0.2, 0.25) is 0 Å². The van der Waals surface area contributed by atoms with Gasteiger partial charge in [-0.3, -0.25) is 4.79 Å². The van der Waals surface area contributed by atoms with Crippen LogP contribution >= 0.6 is 0 Å². The number of carbonyl (C=O) groups is 1. The number of para-hydroxylation sites is 2. The minimum absolute atomic E-state index is 0.273. The number of fused-ring (bicyclic) bond motifs is 5. The van der Waals surface area contributed by atoms with Crippen molar-refractivity contribution in [1.29, 1.82) is 0 Å². The summed E-state index contributed by atoms with van der Waals surface area (Å²) >= 11 is 0. The Labute approximate surface area is 128 Å². The van der Waals surface area contributed by atoms with Crippen LogP contribution in [0.4, 0.5) is 0 Å². The Morgan fingerprint density at radius 1 is 1.23 bits per heavy atom. The average molecular weight is 295 g/mol. The Morgan fingerprint density at radius 3 is 2.82 bits per heavy atom. The SMILES string of the molecule is Cc1cccc2c1Oc1ccccc1[C@@H]1CN(C)C(=O)[C@]21O.